The fraction of sp³-hybridized carbons (Fsp3) is 0.333. The third-order valence-corrected chi connectivity index (χ3v) is 3.12. The molecule has 0 saturated carbocycles. The van der Waals surface area contributed by atoms with Gasteiger partial charge in [0.15, 0.2) is 0 Å². The van der Waals surface area contributed by atoms with Crippen LogP contribution in [0.2, 0.25) is 0 Å². The molecule has 0 unspecified atom stereocenters. The number of aliphatic hydroxyl groups is 1. The van der Waals surface area contributed by atoms with E-state index in [1.54, 1.807) is 13.8 Å². The van der Waals surface area contributed by atoms with E-state index in [1.165, 1.54) is 18.2 Å². The number of halogens is 1. The van der Waals surface area contributed by atoms with Gasteiger partial charge in [0.05, 0.1) is 12.1 Å². The predicted molar refractivity (Wildman–Crippen MR) is 73.5 cm³/mol. The highest BCUT2D eigenvalue weighted by Crippen LogP contribution is 2.20. The number of carbonyl (C=O) groups is 2. The average molecular weight is 290 g/mol. The molecule has 0 atom stereocenters. The lowest BCUT2D eigenvalue weighted by molar-refractivity contribution is -0.130. The van der Waals surface area contributed by atoms with Crippen LogP contribution in [0.25, 0.3) is 0 Å². The molecule has 1 heterocycles. The largest absolute Gasteiger partial charge is 0.384 e. The fourth-order valence-electron chi connectivity index (χ4n) is 2.05. The summed E-state index contributed by atoms with van der Waals surface area (Å²) >= 11 is 0. The van der Waals surface area contributed by atoms with E-state index in [2.05, 4.69) is 17.2 Å². The van der Waals surface area contributed by atoms with E-state index >= 15 is 0 Å². The highest BCUT2D eigenvalue weighted by atomic mass is 19.1. The van der Waals surface area contributed by atoms with Crippen LogP contribution in [0, 0.1) is 17.7 Å². The van der Waals surface area contributed by atoms with Gasteiger partial charge in [-0.25, -0.2) is 9.18 Å². The maximum Gasteiger partial charge on any atom is 0.325 e. The summed E-state index contributed by atoms with van der Waals surface area (Å²) in [4.78, 5) is 24.9. The van der Waals surface area contributed by atoms with Gasteiger partial charge in [-0.15, -0.1) is 0 Å². The summed E-state index contributed by atoms with van der Waals surface area (Å²) in [5.74, 6) is 4.00. The van der Waals surface area contributed by atoms with Gasteiger partial charge in [-0.3, -0.25) is 9.69 Å². The van der Waals surface area contributed by atoms with E-state index in [1.807, 2.05) is 0 Å². The van der Waals surface area contributed by atoms with E-state index in [4.69, 9.17) is 5.11 Å². The van der Waals surface area contributed by atoms with E-state index < -0.39 is 17.4 Å². The van der Waals surface area contributed by atoms with E-state index in [9.17, 15) is 14.0 Å². The van der Waals surface area contributed by atoms with Gasteiger partial charge in [0.1, 0.15) is 18.0 Å². The topological polar surface area (TPSA) is 69.6 Å². The van der Waals surface area contributed by atoms with Crippen molar-refractivity contribution in [3.63, 3.8) is 0 Å². The van der Waals surface area contributed by atoms with E-state index in [-0.39, 0.29) is 24.6 Å². The van der Waals surface area contributed by atoms with Gasteiger partial charge in [-0.1, -0.05) is 17.9 Å². The lowest BCUT2D eigenvalue weighted by Gasteiger charge is -2.16. The van der Waals surface area contributed by atoms with Gasteiger partial charge in [0.25, 0.3) is 5.91 Å². The Bertz CT molecular complexity index is 659. The van der Waals surface area contributed by atoms with E-state index in [0.29, 0.717) is 5.56 Å². The standard InChI is InChI=1S/C15H15FN2O3/c1-15(2)13(20)18(14(21)17-15)9-10-5-6-12(16)11(8-10)4-3-7-19/h5-6,8,19H,7,9H2,1-2H3,(H,17,21). The van der Waals surface area contributed by atoms with Crippen molar-refractivity contribution >= 4 is 11.9 Å². The minimum atomic E-state index is -0.934. The molecular formula is C15H15FN2O3. The molecule has 1 aromatic rings. The summed E-state index contributed by atoms with van der Waals surface area (Å²) < 4.78 is 13.5. The number of carbonyl (C=O) groups excluding carboxylic acids is 2. The van der Waals surface area contributed by atoms with Gasteiger partial charge in [-0.05, 0) is 31.5 Å². The molecule has 0 aliphatic carbocycles. The highest BCUT2D eigenvalue weighted by Gasteiger charge is 2.44. The lowest BCUT2D eigenvalue weighted by atomic mass is 10.1. The van der Waals surface area contributed by atoms with Crippen molar-refractivity contribution in [1.29, 1.82) is 0 Å². The maximum absolute atomic E-state index is 13.5. The molecule has 1 aromatic carbocycles. The number of aliphatic hydroxyl groups excluding tert-OH is 1. The molecule has 1 saturated heterocycles. The molecule has 0 aromatic heterocycles. The van der Waals surface area contributed by atoms with Crippen molar-refractivity contribution in [1.82, 2.24) is 10.2 Å². The summed E-state index contributed by atoms with van der Waals surface area (Å²) in [5.41, 5.74) is -0.232. The number of imide groups is 1. The Balaban J connectivity index is 2.25. The van der Waals surface area contributed by atoms with Crippen molar-refractivity contribution in [3.05, 3.63) is 35.1 Å². The van der Waals surface area contributed by atoms with Crippen LogP contribution >= 0.6 is 0 Å². The van der Waals surface area contributed by atoms with Gasteiger partial charge < -0.3 is 10.4 Å². The molecule has 5 nitrogen and oxygen atoms in total. The average Bonchev–Trinajstić information content (AvgIpc) is 2.61. The molecule has 0 bridgehead atoms. The first kappa shape index (κ1) is 15.0. The van der Waals surface area contributed by atoms with Crippen LogP contribution in [-0.4, -0.2) is 34.1 Å². The molecular weight excluding hydrogens is 275 g/mol. The highest BCUT2D eigenvalue weighted by molar-refractivity contribution is 6.06. The SMILES string of the molecule is CC1(C)NC(=O)N(Cc2ccc(F)c(C#CCO)c2)C1=O. The van der Waals surface area contributed by atoms with Crippen LogP contribution in [0.4, 0.5) is 9.18 Å². The molecule has 2 N–H and O–H groups in total. The van der Waals surface area contributed by atoms with Crippen LogP contribution in [0.3, 0.4) is 0 Å². The molecule has 21 heavy (non-hydrogen) atoms. The van der Waals surface area contributed by atoms with E-state index in [0.717, 1.165) is 4.90 Å². The van der Waals surface area contributed by atoms with Crippen LogP contribution in [0.15, 0.2) is 18.2 Å². The van der Waals surface area contributed by atoms with Gasteiger partial charge >= 0.3 is 6.03 Å². The summed E-state index contributed by atoms with van der Waals surface area (Å²) in [6.07, 6.45) is 0. The Labute approximate surface area is 121 Å². The second kappa shape index (κ2) is 5.54. The number of hydrogen-bond acceptors (Lipinski definition) is 3. The van der Waals surface area contributed by atoms with Crippen molar-refractivity contribution in [3.8, 4) is 11.8 Å². The van der Waals surface area contributed by atoms with Gasteiger partial charge in [0.2, 0.25) is 0 Å². The first-order valence-electron chi connectivity index (χ1n) is 6.37. The Morgan fingerprint density at radius 2 is 2.10 bits per heavy atom. The van der Waals surface area contributed by atoms with Crippen molar-refractivity contribution < 1.29 is 19.1 Å². The Morgan fingerprint density at radius 3 is 2.67 bits per heavy atom. The van der Waals surface area contributed by atoms with Gasteiger partial charge in [0, 0.05) is 0 Å². The summed E-state index contributed by atoms with van der Waals surface area (Å²) in [5, 5.41) is 11.2. The minimum absolute atomic E-state index is 0.0438. The number of nitrogens with zero attached hydrogens (tertiary/aromatic N) is 1. The zero-order chi connectivity index (χ0) is 15.6. The second-order valence-corrected chi connectivity index (χ2v) is 5.22. The zero-order valence-corrected chi connectivity index (χ0v) is 11.7. The number of urea groups is 1. The second-order valence-electron chi connectivity index (χ2n) is 5.22. The summed E-state index contributed by atoms with van der Waals surface area (Å²) in [6.45, 7) is 2.92. The number of hydrogen-bond donors (Lipinski definition) is 2. The fourth-order valence-corrected chi connectivity index (χ4v) is 2.05. The van der Waals surface area contributed by atoms with Crippen LogP contribution in [-0.2, 0) is 11.3 Å². The third-order valence-electron chi connectivity index (χ3n) is 3.12. The lowest BCUT2D eigenvalue weighted by Crippen LogP contribution is -2.40. The summed E-state index contributed by atoms with van der Waals surface area (Å²) in [6, 6.07) is 3.70. The molecule has 1 fully saturated rings. The molecule has 2 rings (SSSR count). The van der Waals surface area contributed by atoms with Crippen molar-refractivity contribution in [2.24, 2.45) is 0 Å². The molecule has 110 valence electrons. The molecule has 0 radical (unpaired) electrons. The molecule has 3 amide bonds. The number of rotatable bonds is 2. The van der Waals surface area contributed by atoms with Gasteiger partial charge in [-0.2, -0.15) is 0 Å². The summed E-state index contributed by atoms with van der Waals surface area (Å²) in [7, 11) is 0. The van der Waals surface area contributed by atoms with Crippen molar-refractivity contribution in [2.75, 3.05) is 6.61 Å². The molecule has 1 aliphatic heterocycles. The quantitative estimate of drug-likeness (QED) is 0.630. The van der Waals surface area contributed by atoms with Crippen LogP contribution < -0.4 is 5.32 Å². The molecule has 1 aliphatic rings. The smallest absolute Gasteiger partial charge is 0.325 e. The normalized spacial score (nSPS) is 16.5. The zero-order valence-electron chi connectivity index (χ0n) is 11.7. The van der Waals surface area contributed by atoms with Crippen LogP contribution in [0.5, 0.6) is 0 Å². The molecule has 0 spiro atoms. The third kappa shape index (κ3) is 3.03. The first-order chi connectivity index (χ1) is 9.85. The number of benzene rings is 1. The molecule has 6 heteroatoms. The van der Waals surface area contributed by atoms with Crippen LogP contribution in [0.1, 0.15) is 25.0 Å². The number of amides is 3. The predicted octanol–water partition coefficient (Wildman–Crippen LogP) is 1.000. The van der Waals surface area contributed by atoms with Crippen molar-refractivity contribution in [2.45, 2.75) is 25.9 Å². The monoisotopic (exact) mass is 290 g/mol. The minimum Gasteiger partial charge on any atom is -0.384 e. The Hall–Kier alpha value is -2.39. The Morgan fingerprint density at radius 1 is 1.38 bits per heavy atom. The number of nitrogens with one attached hydrogen (secondary N) is 1. The Kier molecular flexibility index (Phi) is 3.96. The first-order valence-corrected chi connectivity index (χ1v) is 6.37. The maximum atomic E-state index is 13.5.